The van der Waals surface area contributed by atoms with Gasteiger partial charge in [0.2, 0.25) is 0 Å². The van der Waals surface area contributed by atoms with Crippen molar-refractivity contribution in [3.05, 3.63) is 41.7 Å². The Labute approximate surface area is 62.0 Å². The summed E-state index contributed by atoms with van der Waals surface area (Å²) in [4.78, 5) is 0. The molecule has 0 aliphatic heterocycles. The molecule has 0 nitrogen and oxygen atoms in total. The highest BCUT2D eigenvalue weighted by molar-refractivity contribution is 5.47. The minimum Gasteiger partial charge on any atom is -0.206 e. The van der Waals surface area contributed by atoms with Crippen molar-refractivity contribution in [3.63, 3.8) is 0 Å². The van der Waals surface area contributed by atoms with Crippen molar-refractivity contribution in [1.82, 2.24) is 0 Å². The lowest BCUT2D eigenvalue weighted by molar-refractivity contribution is 0.494. The van der Waals surface area contributed by atoms with Gasteiger partial charge in [-0.2, -0.15) is 0 Å². The summed E-state index contributed by atoms with van der Waals surface area (Å²) >= 11 is 0. The van der Waals surface area contributed by atoms with E-state index in [1.54, 1.807) is 0 Å². The number of hydrogen-bond acceptors (Lipinski definition) is 0. The third-order valence-corrected chi connectivity index (χ3v) is 1.26. The molecule has 0 bridgehead atoms. The molecule has 0 saturated carbocycles. The Hall–Kier alpha value is -1.25. The zero-order valence-electron chi connectivity index (χ0n) is 5.57. The van der Waals surface area contributed by atoms with Crippen molar-refractivity contribution in [2.45, 2.75) is 0 Å². The van der Waals surface area contributed by atoms with Crippen LogP contribution in [-0.2, 0) is 0 Å². The Balaban J connectivity index is 3.31. The Morgan fingerprint density at radius 1 is 1.00 bits per heavy atom. The van der Waals surface area contributed by atoms with Crippen LogP contribution >= 0.6 is 0 Å². The maximum Gasteiger partial charge on any atom is 0.161 e. The van der Waals surface area contributed by atoms with E-state index in [9.17, 15) is 13.2 Å². The molecule has 0 fully saturated rings. The van der Waals surface area contributed by atoms with Crippen molar-refractivity contribution < 1.29 is 13.2 Å². The van der Waals surface area contributed by atoms with Crippen LogP contribution in [0.5, 0.6) is 0 Å². The third kappa shape index (κ3) is 1.42. The van der Waals surface area contributed by atoms with Crippen LogP contribution in [0.15, 0.2) is 18.7 Å². The van der Waals surface area contributed by atoms with Gasteiger partial charge in [-0.3, -0.25) is 0 Å². The Morgan fingerprint density at radius 2 is 1.55 bits per heavy atom. The first-order chi connectivity index (χ1) is 5.15. The van der Waals surface area contributed by atoms with Crippen LogP contribution in [0.1, 0.15) is 5.56 Å². The molecule has 11 heavy (non-hydrogen) atoms. The summed E-state index contributed by atoms with van der Waals surface area (Å²) in [6.45, 7) is 3.23. The molecule has 0 atom stereocenters. The first-order valence-electron chi connectivity index (χ1n) is 2.92. The molecule has 0 aliphatic rings. The molecular formula is C8H5F3. The van der Waals surface area contributed by atoms with Crippen LogP contribution in [0.25, 0.3) is 6.08 Å². The molecule has 0 unspecified atom stereocenters. The second-order valence-corrected chi connectivity index (χ2v) is 1.99. The minimum atomic E-state index is -1.19. The van der Waals surface area contributed by atoms with Crippen LogP contribution in [-0.4, -0.2) is 0 Å². The van der Waals surface area contributed by atoms with Crippen LogP contribution in [0.4, 0.5) is 13.2 Å². The quantitative estimate of drug-likeness (QED) is 0.551. The molecule has 0 aliphatic carbocycles. The lowest BCUT2D eigenvalue weighted by atomic mass is 10.2. The Bertz CT molecular complexity index is 292. The van der Waals surface area contributed by atoms with E-state index in [2.05, 4.69) is 6.58 Å². The van der Waals surface area contributed by atoms with Gasteiger partial charge in [0.1, 0.15) is 5.82 Å². The highest BCUT2D eigenvalue weighted by Crippen LogP contribution is 2.13. The number of benzene rings is 1. The number of hydrogen-bond donors (Lipinski definition) is 0. The first kappa shape index (κ1) is 7.85. The fourth-order valence-electron chi connectivity index (χ4n) is 0.694. The maximum atomic E-state index is 12.6. The summed E-state index contributed by atoms with van der Waals surface area (Å²) in [5, 5.41) is 0. The average Bonchev–Trinajstić information content (AvgIpc) is 1.97. The van der Waals surface area contributed by atoms with E-state index in [1.165, 1.54) is 0 Å². The minimum absolute atomic E-state index is 0.0381. The first-order valence-corrected chi connectivity index (χ1v) is 2.92. The highest BCUT2D eigenvalue weighted by atomic mass is 19.2. The van der Waals surface area contributed by atoms with Crippen molar-refractivity contribution in [2.24, 2.45) is 0 Å². The Morgan fingerprint density at radius 3 is 2.09 bits per heavy atom. The summed E-state index contributed by atoms with van der Waals surface area (Å²) < 4.78 is 37.2. The Kier molecular flexibility index (Phi) is 1.98. The molecular weight excluding hydrogens is 153 g/mol. The molecule has 0 saturated heterocycles. The molecule has 0 spiro atoms. The molecule has 1 rings (SSSR count). The second-order valence-electron chi connectivity index (χ2n) is 1.99. The van der Waals surface area contributed by atoms with Gasteiger partial charge in [-0.1, -0.05) is 12.7 Å². The smallest absolute Gasteiger partial charge is 0.161 e. The van der Waals surface area contributed by atoms with Gasteiger partial charge >= 0.3 is 0 Å². The average molecular weight is 158 g/mol. The van der Waals surface area contributed by atoms with E-state index < -0.39 is 17.5 Å². The van der Waals surface area contributed by atoms with Gasteiger partial charge in [-0.15, -0.1) is 0 Å². The SMILES string of the molecule is C=Cc1cc(F)c(F)cc1F. The van der Waals surface area contributed by atoms with Gasteiger partial charge in [0.15, 0.2) is 11.6 Å². The number of rotatable bonds is 1. The fourth-order valence-corrected chi connectivity index (χ4v) is 0.694. The van der Waals surface area contributed by atoms with Crippen LogP contribution in [0, 0.1) is 17.5 Å². The molecule has 1 aromatic carbocycles. The van der Waals surface area contributed by atoms with Gasteiger partial charge in [0.25, 0.3) is 0 Å². The van der Waals surface area contributed by atoms with Gasteiger partial charge in [-0.05, 0) is 6.07 Å². The van der Waals surface area contributed by atoms with E-state index in [0.29, 0.717) is 6.07 Å². The van der Waals surface area contributed by atoms with Crippen LogP contribution < -0.4 is 0 Å². The molecule has 0 heterocycles. The molecule has 1 aromatic rings. The van der Waals surface area contributed by atoms with Crippen molar-refractivity contribution in [2.75, 3.05) is 0 Å². The van der Waals surface area contributed by atoms with Crippen molar-refractivity contribution in [1.29, 1.82) is 0 Å². The summed E-state index contributed by atoms with van der Waals surface area (Å²) in [6.07, 6.45) is 1.12. The van der Waals surface area contributed by atoms with Crippen LogP contribution in [0.3, 0.4) is 0 Å². The van der Waals surface area contributed by atoms with Gasteiger partial charge in [0.05, 0.1) is 0 Å². The fraction of sp³-hybridized carbons (Fsp3) is 0. The normalized spacial score (nSPS) is 9.73. The molecule has 0 N–H and O–H groups in total. The van der Waals surface area contributed by atoms with E-state index >= 15 is 0 Å². The van der Waals surface area contributed by atoms with Gasteiger partial charge < -0.3 is 0 Å². The largest absolute Gasteiger partial charge is 0.206 e. The molecule has 0 radical (unpaired) electrons. The zero-order chi connectivity index (χ0) is 8.43. The third-order valence-electron chi connectivity index (χ3n) is 1.26. The zero-order valence-corrected chi connectivity index (χ0v) is 5.57. The van der Waals surface area contributed by atoms with Crippen molar-refractivity contribution in [3.8, 4) is 0 Å². The monoisotopic (exact) mass is 158 g/mol. The van der Waals surface area contributed by atoms with Gasteiger partial charge in [-0.25, -0.2) is 13.2 Å². The number of halogens is 3. The summed E-state index contributed by atoms with van der Waals surface area (Å²) in [5.41, 5.74) is -0.0381. The summed E-state index contributed by atoms with van der Waals surface area (Å²) in [5.74, 6) is -3.06. The predicted octanol–water partition coefficient (Wildman–Crippen LogP) is 2.75. The predicted molar refractivity (Wildman–Crippen MR) is 36.4 cm³/mol. The topological polar surface area (TPSA) is 0 Å². The van der Waals surface area contributed by atoms with E-state index in [-0.39, 0.29) is 5.56 Å². The highest BCUT2D eigenvalue weighted by Gasteiger charge is 2.06. The second kappa shape index (κ2) is 2.78. The summed E-state index contributed by atoms with van der Waals surface area (Å²) in [6, 6.07) is 1.25. The van der Waals surface area contributed by atoms with Crippen LogP contribution in [0.2, 0.25) is 0 Å². The molecule has 3 heteroatoms. The van der Waals surface area contributed by atoms with E-state index in [4.69, 9.17) is 0 Å². The van der Waals surface area contributed by atoms with Crippen molar-refractivity contribution >= 4 is 6.08 Å². The lowest BCUT2D eigenvalue weighted by Crippen LogP contribution is -1.89. The summed E-state index contributed by atoms with van der Waals surface area (Å²) in [7, 11) is 0. The molecule has 58 valence electrons. The van der Waals surface area contributed by atoms with E-state index in [1.807, 2.05) is 0 Å². The standard InChI is InChI=1S/C8H5F3/c1-2-5-3-7(10)8(11)4-6(5)9/h2-4H,1H2. The van der Waals surface area contributed by atoms with Gasteiger partial charge in [0, 0.05) is 11.6 Å². The molecule has 0 amide bonds. The lowest BCUT2D eigenvalue weighted by Gasteiger charge is -1.96. The maximum absolute atomic E-state index is 12.6. The van der Waals surface area contributed by atoms with E-state index in [0.717, 1.165) is 12.1 Å². The molecule has 0 aromatic heterocycles.